The Morgan fingerprint density at radius 2 is 1.71 bits per heavy atom. The van der Waals surface area contributed by atoms with Crippen LogP contribution in [-0.2, 0) is 14.5 Å². The third-order valence-corrected chi connectivity index (χ3v) is 1.70. The Labute approximate surface area is 87.0 Å². The molecule has 0 bridgehead atoms. The van der Waals surface area contributed by atoms with E-state index in [-0.39, 0.29) is 5.60 Å². The van der Waals surface area contributed by atoms with Crippen molar-refractivity contribution in [3.8, 4) is 0 Å². The van der Waals surface area contributed by atoms with E-state index in [1.807, 2.05) is 33.8 Å². The lowest BCUT2D eigenvalue weighted by Crippen LogP contribution is -2.35. The van der Waals surface area contributed by atoms with Gasteiger partial charge >= 0.3 is 0 Å². The van der Waals surface area contributed by atoms with Crippen molar-refractivity contribution in [2.24, 2.45) is 0 Å². The highest BCUT2D eigenvalue weighted by Gasteiger charge is 2.27. The minimum atomic E-state index is -0.693. The molecule has 0 heterocycles. The van der Waals surface area contributed by atoms with Crippen LogP contribution in [0.15, 0.2) is 12.7 Å². The largest absolute Gasteiger partial charge is 0.351 e. The second kappa shape index (κ2) is 5.49. The molecule has 0 aromatic carbocycles. The summed E-state index contributed by atoms with van der Waals surface area (Å²) >= 11 is 0. The fourth-order valence-electron chi connectivity index (χ4n) is 0.755. The monoisotopic (exact) mass is 202 g/mol. The smallest absolute Gasteiger partial charge is 0.198 e. The van der Waals surface area contributed by atoms with E-state index in [9.17, 15) is 0 Å². The zero-order valence-electron chi connectivity index (χ0n) is 9.92. The van der Waals surface area contributed by atoms with Crippen LogP contribution < -0.4 is 0 Å². The third-order valence-electron chi connectivity index (χ3n) is 1.70. The van der Waals surface area contributed by atoms with Gasteiger partial charge in [0.05, 0.1) is 5.60 Å². The summed E-state index contributed by atoms with van der Waals surface area (Å²) in [6.07, 6.45) is 3.39. The normalized spacial score (nSPS) is 16.4. The molecule has 0 amide bonds. The average molecular weight is 202 g/mol. The molecule has 0 radical (unpaired) electrons. The van der Waals surface area contributed by atoms with Crippen LogP contribution in [0.25, 0.3) is 0 Å². The second-order valence-corrected chi connectivity index (χ2v) is 4.44. The minimum Gasteiger partial charge on any atom is -0.351 e. The van der Waals surface area contributed by atoms with Crippen molar-refractivity contribution in [2.75, 3.05) is 7.11 Å². The third kappa shape index (κ3) is 6.13. The maximum atomic E-state index is 5.28. The molecule has 0 rings (SSSR count). The summed E-state index contributed by atoms with van der Waals surface area (Å²) in [5.41, 5.74) is -0.325. The van der Waals surface area contributed by atoms with Gasteiger partial charge in [-0.2, -0.15) is 0 Å². The zero-order valence-corrected chi connectivity index (χ0v) is 9.92. The predicted octanol–water partition coefficient (Wildman–Crippen LogP) is 3.06. The Morgan fingerprint density at radius 3 is 2.07 bits per heavy atom. The second-order valence-electron chi connectivity index (χ2n) is 4.44. The number of rotatable bonds is 6. The lowest BCUT2D eigenvalue weighted by Gasteiger charge is -2.30. The predicted molar refractivity (Wildman–Crippen MR) is 56.8 cm³/mol. The molecule has 0 N–H and O–H groups in total. The highest BCUT2D eigenvalue weighted by molar-refractivity contribution is 4.72. The molecule has 14 heavy (non-hydrogen) atoms. The van der Waals surface area contributed by atoms with Gasteiger partial charge in [0.25, 0.3) is 0 Å². The van der Waals surface area contributed by atoms with Gasteiger partial charge in [0.1, 0.15) is 0 Å². The number of methoxy groups -OCH3 is 1. The molecule has 0 spiro atoms. The molecule has 0 fully saturated rings. The number of hydrogen-bond acceptors (Lipinski definition) is 3. The van der Waals surface area contributed by atoms with Crippen LogP contribution >= 0.6 is 0 Å². The fourth-order valence-corrected chi connectivity index (χ4v) is 0.755. The van der Waals surface area contributed by atoms with E-state index in [1.54, 1.807) is 7.11 Å². The molecular weight excluding hydrogens is 180 g/mol. The van der Waals surface area contributed by atoms with E-state index < -0.39 is 5.79 Å². The van der Waals surface area contributed by atoms with Crippen molar-refractivity contribution in [3.63, 3.8) is 0 Å². The van der Waals surface area contributed by atoms with Gasteiger partial charge in [0.2, 0.25) is 0 Å². The van der Waals surface area contributed by atoms with Gasteiger partial charge in [-0.1, -0.05) is 6.08 Å². The first kappa shape index (κ1) is 13.6. The van der Waals surface area contributed by atoms with E-state index in [0.717, 1.165) is 12.8 Å². The molecule has 0 saturated heterocycles. The van der Waals surface area contributed by atoms with Crippen LogP contribution in [0.4, 0.5) is 0 Å². The van der Waals surface area contributed by atoms with Crippen molar-refractivity contribution in [1.29, 1.82) is 0 Å². The Morgan fingerprint density at radius 1 is 1.14 bits per heavy atom. The van der Waals surface area contributed by atoms with Crippen molar-refractivity contribution in [1.82, 2.24) is 0 Å². The highest BCUT2D eigenvalue weighted by atomic mass is 17.2. The van der Waals surface area contributed by atoms with E-state index in [2.05, 4.69) is 6.58 Å². The average Bonchev–Trinajstić information content (AvgIpc) is 2.10. The van der Waals surface area contributed by atoms with Crippen molar-refractivity contribution in [2.45, 2.75) is 51.9 Å². The summed E-state index contributed by atoms with van der Waals surface area (Å²) in [4.78, 5) is 10.5. The fraction of sp³-hybridized carbons (Fsp3) is 0.818. The first-order valence-electron chi connectivity index (χ1n) is 4.86. The van der Waals surface area contributed by atoms with Gasteiger partial charge in [0, 0.05) is 13.5 Å². The number of hydrogen-bond donors (Lipinski definition) is 0. The first-order chi connectivity index (χ1) is 6.33. The molecule has 0 aromatic heterocycles. The van der Waals surface area contributed by atoms with Crippen molar-refractivity contribution in [3.05, 3.63) is 12.7 Å². The van der Waals surface area contributed by atoms with Gasteiger partial charge in [-0.3, -0.25) is 0 Å². The maximum absolute atomic E-state index is 5.28. The summed E-state index contributed by atoms with van der Waals surface area (Å²) < 4.78 is 5.24. The number of allylic oxidation sites excluding steroid dienone is 1. The van der Waals surface area contributed by atoms with Gasteiger partial charge in [0.15, 0.2) is 5.79 Å². The minimum absolute atomic E-state index is 0.325. The molecule has 3 nitrogen and oxygen atoms in total. The molecule has 0 aliphatic heterocycles. The van der Waals surface area contributed by atoms with Gasteiger partial charge < -0.3 is 4.74 Å². The molecule has 3 heteroatoms. The van der Waals surface area contributed by atoms with Crippen LogP contribution in [0.1, 0.15) is 40.5 Å². The summed E-state index contributed by atoms with van der Waals surface area (Å²) in [5.74, 6) is -0.693. The standard InChI is InChI=1S/C11H22O3/c1-7-8-9-11(5,12-6)14-13-10(2,3)4/h7H,1,8-9H2,2-6H3. The quantitative estimate of drug-likeness (QED) is 0.287. The molecule has 0 aliphatic rings. The highest BCUT2D eigenvalue weighted by Crippen LogP contribution is 2.22. The SMILES string of the molecule is C=CCCC(C)(OC)OOC(C)(C)C. The number of ether oxygens (including phenoxy) is 1. The van der Waals surface area contributed by atoms with Gasteiger partial charge in [-0.15, -0.1) is 6.58 Å². The maximum Gasteiger partial charge on any atom is 0.198 e. The first-order valence-corrected chi connectivity index (χ1v) is 4.86. The van der Waals surface area contributed by atoms with Crippen molar-refractivity contribution >= 4 is 0 Å². The molecule has 1 atom stereocenters. The lowest BCUT2D eigenvalue weighted by molar-refractivity contribution is -0.452. The summed E-state index contributed by atoms with van der Waals surface area (Å²) in [6.45, 7) is 11.3. The summed E-state index contributed by atoms with van der Waals surface area (Å²) in [7, 11) is 1.61. The van der Waals surface area contributed by atoms with E-state index >= 15 is 0 Å². The van der Waals surface area contributed by atoms with Crippen molar-refractivity contribution < 1.29 is 14.5 Å². The van der Waals surface area contributed by atoms with Crippen LogP contribution in [0.5, 0.6) is 0 Å². The molecule has 0 aliphatic carbocycles. The topological polar surface area (TPSA) is 27.7 Å². The molecule has 84 valence electrons. The van der Waals surface area contributed by atoms with E-state index in [1.165, 1.54) is 0 Å². The van der Waals surface area contributed by atoms with Crippen LogP contribution in [0.3, 0.4) is 0 Å². The molecule has 0 aromatic rings. The Hall–Kier alpha value is -0.380. The lowest BCUT2D eigenvalue weighted by atomic mass is 10.1. The zero-order chi connectivity index (χ0) is 11.2. The van der Waals surface area contributed by atoms with Crippen LogP contribution in [-0.4, -0.2) is 18.5 Å². The van der Waals surface area contributed by atoms with Gasteiger partial charge in [-0.25, -0.2) is 9.78 Å². The van der Waals surface area contributed by atoms with E-state index in [0.29, 0.717) is 0 Å². The molecule has 1 unspecified atom stereocenters. The van der Waals surface area contributed by atoms with Gasteiger partial charge in [-0.05, 0) is 34.1 Å². The Kier molecular flexibility index (Phi) is 5.34. The van der Waals surface area contributed by atoms with Crippen LogP contribution in [0.2, 0.25) is 0 Å². The van der Waals surface area contributed by atoms with E-state index in [4.69, 9.17) is 14.5 Å². The van der Waals surface area contributed by atoms with Crippen LogP contribution in [0, 0.1) is 0 Å². The summed E-state index contributed by atoms with van der Waals surface area (Å²) in [6, 6.07) is 0. The molecule has 0 saturated carbocycles. The Balaban J connectivity index is 4.04. The Bertz CT molecular complexity index is 172. The summed E-state index contributed by atoms with van der Waals surface area (Å²) in [5, 5.41) is 0. The molecular formula is C11H22O3.